The Kier molecular flexibility index (Phi) is 5.59. The Hall–Kier alpha value is -3.51. The van der Waals surface area contributed by atoms with Gasteiger partial charge in [-0.3, -0.25) is 9.59 Å². The van der Waals surface area contributed by atoms with Crippen LogP contribution in [0.15, 0.2) is 72.8 Å². The molecule has 0 N–H and O–H groups in total. The molecule has 1 heterocycles. The summed E-state index contributed by atoms with van der Waals surface area (Å²) in [6.07, 6.45) is 0. The minimum atomic E-state index is -0.352. The third kappa shape index (κ3) is 4.09. The van der Waals surface area contributed by atoms with Crippen molar-refractivity contribution in [3.05, 3.63) is 88.9 Å². The van der Waals surface area contributed by atoms with E-state index in [2.05, 4.69) is 4.98 Å². The Bertz CT molecular complexity index is 1180. The second-order valence-electron chi connectivity index (χ2n) is 6.84. The van der Waals surface area contributed by atoms with Crippen molar-refractivity contribution < 1.29 is 14.3 Å². The number of hydrogen-bond donors (Lipinski definition) is 0. The molecule has 0 spiro atoms. The molecule has 4 aromatic rings. The first-order valence-corrected chi connectivity index (χ1v) is 10.3. The molecule has 2 amide bonds. The van der Waals surface area contributed by atoms with Crippen molar-refractivity contribution in [3.8, 4) is 5.75 Å². The van der Waals surface area contributed by atoms with Gasteiger partial charge in [0.15, 0.2) is 0 Å². The van der Waals surface area contributed by atoms with Crippen LogP contribution in [0, 0.1) is 6.92 Å². The molecule has 3 aromatic carbocycles. The molecule has 0 bridgehead atoms. The van der Waals surface area contributed by atoms with Crippen LogP contribution in [0.1, 0.15) is 27.9 Å². The molecule has 0 aliphatic carbocycles. The van der Waals surface area contributed by atoms with Gasteiger partial charge in [0.1, 0.15) is 17.4 Å². The summed E-state index contributed by atoms with van der Waals surface area (Å²) >= 11 is 1.60. The first-order chi connectivity index (χ1) is 14.5. The van der Waals surface area contributed by atoms with E-state index in [0.717, 1.165) is 20.8 Å². The summed E-state index contributed by atoms with van der Waals surface area (Å²) in [6, 6.07) is 22.1. The maximum atomic E-state index is 12.9. The number of nitrogens with zero attached hydrogens (tertiary/aromatic N) is 2. The number of fused-ring (bicyclic) bond motifs is 1. The molecular formula is C24H20N2O3S. The van der Waals surface area contributed by atoms with Gasteiger partial charge in [0.25, 0.3) is 5.91 Å². The van der Waals surface area contributed by atoms with Crippen molar-refractivity contribution in [2.75, 3.05) is 4.90 Å². The van der Waals surface area contributed by atoms with E-state index < -0.39 is 0 Å². The SMILES string of the molecule is CC(=O)N(C(=O)c1ccccc1)c1ccc(OCc2nc3ccccc3s2)cc1C. The van der Waals surface area contributed by atoms with Gasteiger partial charge in [-0.05, 0) is 55.0 Å². The van der Waals surface area contributed by atoms with Gasteiger partial charge in [-0.15, -0.1) is 11.3 Å². The Morgan fingerprint density at radius 3 is 2.43 bits per heavy atom. The predicted molar refractivity (Wildman–Crippen MR) is 119 cm³/mol. The van der Waals surface area contributed by atoms with Gasteiger partial charge >= 0.3 is 0 Å². The second-order valence-corrected chi connectivity index (χ2v) is 7.95. The van der Waals surface area contributed by atoms with Crippen LogP contribution in [0.3, 0.4) is 0 Å². The van der Waals surface area contributed by atoms with Crippen LogP contribution < -0.4 is 9.64 Å². The van der Waals surface area contributed by atoms with Gasteiger partial charge in [0.2, 0.25) is 5.91 Å². The Labute approximate surface area is 178 Å². The minimum absolute atomic E-state index is 0.338. The Morgan fingerprint density at radius 1 is 1.00 bits per heavy atom. The fourth-order valence-electron chi connectivity index (χ4n) is 3.23. The molecule has 0 aliphatic rings. The zero-order valence-corrected chi connectivity index (χ0v) is 17.5. The first-order valence-electron chi connectivity index (χ1n) is 9.51. The summed E-state index contributed by atoms with van der Waals surface area (Å²) in [4.78, 5) is 30.9. The maximum Gasteiger partial charge on any atom is 0.265 e. The van der Waals surface area contributed by atoms with Crippen molar-refractivity contribution in [3.63, 3.8) is 0 Å². The molecule has 0 atom stereocenters. The van der Waals surface area contributed by atoms with Crippen LogP contribution in [0.25, 0.3) is 10.2 Å². The summed E-state index contributed by atoms with van der Waals surface area (Å²) < 4.78 is 7.03. The lowest BCUT2D eigenvalue weighted by Crippen LogP contribution is -2.35. The highest BCUT2D eigenvalue weighted by Gasteiger charge is 2.23. The van der Waals surface area contributed by atoms with Crippen molar-refractivity contribution in [2.45, 2.75) is 20.5 Å². The highest BCUT2D eigenvalue weighted by Crippen LogP contribution is 2.28. The number of aromatic nitrogens is 1. The molecule has 0 unspecified atom stereocenters. The van der Waals surface area contributed by atoms with Crippen LogP contribution in [-0.2, 0) is 11.4 Å². The predicted octanol–water partition coefficient (Wildman–Crippen LogP) is 5.38. The summed E-state index contributed by atoms with van der Waals surface area (Å²) in [5.74, 6) is -0.0318. The monoisotopic (exact) mass is 416 g/mol. The maximum absolute atomic E-state index is 12.9. The van der Waals surface area contributed by atoms with Crippen molar-refractivity contribution in [1.82, 2.24) is 4.98 Å². The van der Waals surface area contributed by atoms with Gasteiger partial charge in [-0.1, -0.05) is 30.3 Å². The third-order valence-electron chi connectivity index (χ3n) is 4.65. The number of carbonyl (C=O) groups excluding carboxylic acids is 2. The summed E-state index contributed by atoms with van der Waals surface area (Å²) in [5.41, 5.74) is 2.74. The van der Waals surface area contributed by atoms with Crippen molar-refractivity contribution >= 4 is 39.1 Å². The molecule has 0 fully saturated rings. The van der Waals surface area contributed by atoms with Crippen LogP contribution in [0.2, 0.25) is 0 Å². The fourth-order valence-corrected chi connectivity index (χ4v) is 4.11. The number of benzene rings is 3. The van der Waals surface area contributed by atoms with E-state index in [9.17, 15) is 9.59 Å². The van der Waals surface area contributed by atoms with E-state index in [0.29, 0.717) is 23.6 Å². The number of anilines is 1. The Balaban J connectivity index is 1.53. The fraction of sp³-hybridized carbons (Fsp3) is 0.125. The van der Waals surface area contributed by atoms with Crippen molar-refractivity contribution in [1.29, 1.82) is 0 Å². The van der Waals surface area contributed by atoms with Crippen LogP contribution in [-0.4, -0.2) is 16.8 Å². The quantitative estimate of drug-likeness (QED) is 0.438. The van der Waals surface area contributed by atoms with Crippen LogP contribution in [0.4, 0.5) is 5.69 Å². The number of rotatable bonds is 5. The van der Waals surface area contributed by atoms with E-state index in [1.165, 1.54) is 11.8 Å². The Morgan fingerprint density at radius 2 is 1.73 bits per heavy atom. The number of para-hydroxylation sites is 1. The molecule has 150 valence electrons. The average Bonchev–Trinajstić information content (AvgIpc) is 3.17. The van der Waals surface area contributed by atoms with Crippen LogP contribution in [0.5, 0.6) is 5.75 Å². The standard InChI is InChI=1S/C24H20N2O3S/c1-16-14-19(29-15-23-25-20-10-6-7-11-22(20)30-23)12-13-21(16)26(17(2)27)24(28)18-8-4-3-5-9-18/h3-14H,15H2,1-2H3. The van der Waals surface area contributed by atoms with E-state index in [1.54, 1.807) is 47.7 Å². The lowest BCUT2D eigenvalue weighted by molar-refractivity contribution is -0.115. The number of hydrogen-bond acceptors (Lipinski definition) is 5. The smallest absolute Gasteiger partial charge is 0.265 e. The van der Waals surface area contributed by atoms with Gasteiger partial charge in [-0.25, -0.2) is 9.88 Å². The summed E-state index contributed by atoms with van der Waals surface area (Å²) in [7, 11) is 0. The van der Waals surface area contributed by atoms with E-state index in [4.69, 9.17) is 4.74 Å². The minimum Gasteiger partial charge on any atom is -0.486 e. The van der Waals surface area contributed by atoms with E-state index >= 15 is 0 Å². The lowest BCUT2D eigenvalue weighted by atomic mass is 10.1. The van der Waals surface area contributed by atoms with Crippen LogP contribution >= 0.6 is 11.3 Å². The molecule has 0 saturated heterocycles. The summed E-state index contributed by atoms with van der Waals surface area (Å²) in [5, 5.41) is 0.891. The van der Waals surface area contributed by atoms with Gasteiger partial charge in [0, 0.05) is 12.5 Å². The molecule has 30 heavy (non-hydrogen) atoms. The van der Waals surface area contributed by atoms with E-state index in [-0.39, 0.29) is 11.8 Å². The zero-order valence-electron chi connectivity index (χ0n) is 16.7. The molecule has 0 saturated carbocycles. The third-order valence-corrected chi connectivity index (χ3v) is 5.66. The van der Waals surface area contributed by atoms with Gasteiger partial charge < -0.3 is 4.74 Å². The van der Waals surface area contributed by atoms with E-state index in [1.807, 2.05) is 43.3 Å². The number of amides is 2. The number of thiazole rings is 1. The number of imide groups is 1. The molecule has 0 aliphatic heterocycles. The highest BCUT2D eigenvalue weighted by atomic mass is 32.1. The topological polar surface area (TPSA) is 59.5 Å². The normalized spacial score (nSPS) is 10.7. The molecule has 6 heteroatoms. The first kappa shape index (κ1) is 19.8. The molecular weight excluding hydrogens is 396 g/mol. The van der Waals surface area contributed by atoms with Crippen molar-refractivity contribution in [2.24, 2.45) is 0 Å². The van der Waals surface area contributed by atoms with Gasteiger partial charge in [0.05, 0.1) is 15.9 Å². The largest absolute Gasteiger partial charge is 0.486 e. The van der Waals surface area contributed by atoms with Gasteiger partial charge in [-0.2, -0.15) is 0 Å². The number of carbonyl (C=O) groups is 2. The molecule has 0 radical (unpaired) electrons. The highest BCUT2D eigenvalue weighted by molar-refractivity contribution is 7.18. The zero-order chi connectivity index (χ0) is 21.1. The summed E-state index contributed by atoms with van der Waals surface area (Å²) in [6.45, 7) is 3.60. The number of ether oxygens (including phenoxy) is 1. The molecule has 5 nitrogen and oxygen atoms in total. The average molecular weight is 417 g/mol. The lowest BCUT2D eigenvalue weighted by Gasteiger charge is -2.22. The second kappa shape index (κ2) is 8.47. The molecule has 1 aromatic heterocycles. The molecule has 4 rings (SSSR count). The number of aryl methyl sites for hydroxylation is 1.